The Morgan fingerprint density at radius 2 is 0.927 bits per heavy atom. The molecule has 0 radical (unpaired) electrons. The van der Waals surface area contributed by atoms with Crippen molar-refractivity contribution in [2.75, 3.05) is 0 Å². The largest absolute Gasteiger partial charge is 0.252 e. The number of rotatable bonds is 6. The lowest BCUT2D eigenvalue weighted by Crippen LogP contribution is -2.38. The molecule has 4 heteroatoms. The second-order valence-corrected chi connectivity index (χ2v) is 14.3. The quantitative estimate of drug-likeness (QED) is 0.162. The standard InChI is InChI=1S/C51H36N4/c1-34-13-12-20-42-43-18-8-10-21-45(43)51(34,46-22-11-9-19-44(42)46)41-30-27-36(28-31-41)35-23-25-37(26-24-35)40-29-32-47(52-33-40)50-54-48(38-14-4-2-5-15-38)53-49(55-50)39-16-6-3-7-17-39/h2-12,14-33,42H,1,13H2/b20-12-. The summed E-state index contributed by atoms with van der Waals surface area (Å²) in [4.78, 5) is 19.3. The second-order valence-electron chi connectivity index (χ2n) is 14.3. The van der Waals surface area contributed by atoms with Gasteiger partial charge in [-0.25, -0.2) is 15.0 Å². The van der Waals surface area contributed by atoms with E-state index in [9.17, 15) is 0 Å². The summed E-state index contributed by atoms with van der Waals surface area (Å²) < 4.78 is 0. The van der Waals surface area contributed by atoms with E-state index in [-0.39, 0.29) is 5.92 Å². The molecule has 55 heavy (non-hydrogen) atoms. The van der Waals surface area contributed by atoms with E-state index in [1.807, 2.05) is 72.9 Å². The molecule has 2 aromatic heterocycles. The predicted octanol–water partition coefficient (Wildman–Crippen LogP) is 11.9. The van der Waals surface area contributed by atoms with Crippen LogP contribution in [0.3, 0.4) is 0 Å². The smallest absolute Gasteiger partial charge is 0.182 e. The third kappa shape index (κ3) is 5.53. The van der Waals surface area contributed by atoms with Gasteiger partial charge in [0.1, 0.15) is 5.69 Å². The Morgan fingerprint density at radius 1 is 0.455 bits per heavy atom. The molecular formula is C51H36N4. The number of hydrogen-bond donors (Lipinski definition) is 0. The van der Waals surface area contributed by atoms with Crippen molar-refractivity contribution < 1.29 is 0 Å². The highest BCUT2D eigenvalue weighted by atomic mass is 15.0. The van der Waals surface area contributed by atoms with Crippen LogP contribution in [0.15, 0.2) is 200 Å². The fourth-order valence-electron chi connectivity index (χ4n) is 8.52. The van der Waals surface area contributed by atoms with Crippen LogP contribution < -0.4 is 0 Å². The lowest BCUT2D eigenvalue weighted by Gasteiger charge is -2.46. The molecule has 3 aliphatic rings. The van der Waals surface area contributed by atoms with Gasteiger partial charge in [-0.3, -0.25) is 4.98 Å². The maximum atomic E-state index is 4.84. The highest BCUT2D eigenvalue weighted by Crippen LogP contribution is 2.56. The van der Waals surface area contributed by atoms with E-state index < -0.39 is 5.41 Å². The van der Waals surface area contributed by atoms with Crippen molar-refractivity contribution in [1.82, 2.24) is 19.9 Å². The van der Waals surface area contributed by atoms with Crippen molar-refractivity contribution in [2.24, 2.45) is 0 Å². The fourth-order valence-corrected chi connectivity index (χ4v) is 8.52. The fraction of sp³-hybridized carbons (Fsp3) is 0.0588. The summed E-state index contributed by atoms with van der Waals surface area (Å²) in [5.74, 6) is 2.03. The minimum absolute atomic E-state index is 0.252. The second kappa shape index (κ2) is 13.4. The van der Waals surface area contributed by atoms with Gasteiger partial charge in [-0.15, -0.1) is 0 Å². The number of aromatic nitrogens is 4. The number of pyridine rings is 1. The monoisotopic (exact) mass is 704 g/mol. The molecule has 0 atom stereocenters. The van der Waals surface area contributed by atoms with Gasteiger partial charge in [0, 0.05) is 28.8 Å². The van der Waals surface area contributed by atoms with Crippen molar-refractivity contribution in [3.63, 3.8) is 0 Å². The topological polar surface area (TPSA) is 51.6 Å². The van der Waals surface area contributed by atoms with E-state index >= 15 is 0 Å². The number of nitrogens with zero attached hydrogens (tertiary/aromatic N) is 4. The van der Waals surface area contributed by atoms with Crippen LogP contribution in [0.1, 0.15) is 40.2 Å². The van der Waals surface area contributed by atoms with Crippen LogP contribution in [0.4, 0.5) is 0 Å². The Morgan fingerprint density at radius 3 is 1.47 bits per heavy atom. The number of benzene rings is 6. The first-order valence-electron chi connectivity index (χ1n) is 18.8. The summed E-state index contributed by atoms with van der Waals surface area (Å²) in [6.45, 7) is 4.75. The molecule has 260 valence electrons. The minimum atomic E-state index is -0.413. The Labute approximate surface area is 321 Å². The molecule has 0 aliphatic heterocycles. The molecule has 0 saturated carbocycles. The maximum Gasteiger partial charge on any atom is 0.182 e. The first kappa shape index (κ1) is 32.6. The van der Waals surface area contributed by atoms with Crippen LogP contribution in [0.25, 0.3) is 56.5 Å². The summed E-state index contributed by atoms with van der Waals surface area (Å²) in [5, 5.41) is 0. The SMILES string of the molecule is C=C1C/C=C\C2c3ccccc3C1(c1ccc(-c3ccc(-c4ccc(-c5nc(-c6ccccc6)nc(-c6ccccc6)n5)nc4)cc3)cc1)c1ccccc12. The third-order valence-electron chi connectivity index (χ3n) is 11.2. The first-order valence-corrected chi connectivity index (χ1v) is 18.8. The van der Waals surface area contributed by atoms with Gasteiger partial charge in [0.05, 0.1) is 5.41 Å². The maximum absolute atomic E-state index is 4.84. The van der Waals surface area contributed by atoms with E-state index in [2.05, 4.69) is 115 Å². The summed E-state index contributed by atoms with van der Waals surface area (Å²) in [6, 6.07) is 59.8. The van der Waals surface area contributed by atoms with E-state index in [0.717, 1.165) is 34.2 Å². The van der Waals surface area contributed by atoms with Gasteiger partial charge < -0.3 is 0 Å². The lowest BCUT2D eigenvalue weighted by atomic mass is 9.56. The molecule has 2 heterocycles. The molecule has 8 aromatic rings. The van der Waals surface area contributed by atoms with Crippen LogP contribution in [0.5, 0.6) is 0 Å². The molecule has 6 aromatic carbocycles. The van der Waals surface area contributed by atoms with Gasteiger partial charge in [-0.2, -0.15) is 0 Å². The lowest BCUT2D eigenvalue weighted by molar-refractivity contribution is 0.651. The van der Waals surface area contributed by atoms with Crippen LogP contribution in [0, 0.1) is 0 Å². The zero-order valence-corrected chi connectivity index (χ0v) is 30.2. The number of allylic oxidation sites excluding steroid dienone is 3. The van der Waals surface area contributed by atoms with Gasteiger partial charge in [-0.05, 0) is 57.0 Å². The first-order chi connectivity index (χ1) is 27.2. The molecule has 0 unspecified atom stereocenters. The Balaban J connectivity index is 0.951. The van der Waals surface area contributed by atoms with Crippen molar-refractivity contribution >= 4 is 0 Å². The van der Waals surface area contributed by atoms with Gasteiger partial charge in [-0.1, -0.05) is 188 Å². The van der Waals surface area contributed by atoms with Crippen LogP contribution in [-0.2, 0) is 5.41 Å². The molecule has 3 aliphatic carbocycles. The molecule has 11 rings (SSSR count). The van der Waals surface area contributed by atoms with Crippen molar-refractivity contribution in [2.45, 2.75) is 17.8 Å². The average Bonchev–Trinajstić information content (AvgIpc) is 3.26. The van der Waals surface area contributed by atoms with Crippen LogP contribution in [0.2, 0.25) is 0 Å². The van der Waals surface area contributed by atoms with Gasteiger partial charge >= 0.3 is 0 Å². The molecule has 0 fully saturated rings. The molecule has 0 spiro atoms. The van der Waals surface area contributed by atoms with E-state index in [1.54, 1.807) is 0 Å². The Bertz CT molecular complexity index is 2610. The number of hydrogen-bond acceptors (Lipinski definition) is 4. The van der Waals surface area contributed by atoms with E-state index in [4.69, 9.17) is 26.5 Å². The summed E-state index contributed by atoms with van der Waals surface area (Å²) in [5.41, 5.74) is 14.4. The van der Waals surface area contributed by atoms with Crippen molar-refractivity contribution in [1.29, 1.82) is 0 Å². The van der Waals surface area contributed by atoms with Crippen molar-refractivity contribution in [3.8, 4) is 56.5 Å². The summed E-state index contributed by atoms with van der Waals surface area (Å²) >= 11 is 0. The highest BCUT2D eigenvalue weighted by Gasteiger charge is 2.46. The molecular weight excluding hydrogens is 669 g/mol. The third-order valence-corrected chi connectivity index (χ3v) is 11.2. The zero-order valence-electron chi connectivity index (χ0n) is 30.2. The van der Waals surface area contributed by atoms with E-state index in [1.165, 1.54) is 39.0 Å². The van der Waals surface area contributed by atoms with Gasteiger partial charge in [0.2, 0.25) is 0 Å². The molecule has 0 amide bonds. The molecule has 0 saturated heterocycles. The predicted molar refractivity (Wildman–Crippen MR) is 222 cm³/mol. The molecule has 0 N–H and O–H groups in total. The normalized spacial score (nSPS) is 17.5. The average molecular weight is 705 g/mol. The summed E-state index contributed by atoms with van der Waals surface area (Å²) in [7, 11) is 0. The molecule has 4 nitrogen and oxygen atoms in total. The van der Waals surface area contributed by atoms with Gasteiger partial charge in [0.15, 0.2) is 17.5 Å². The Kier molecular flexibility index (Phi) is 7.96. The Hall–Kier alpha value is -7.04. The molecule has 2 bridgehead atoms. The number of fused-ring (bicyclic) bond motifs is 2. The minimum Gasteiger partial charge on any atom is -0.252 e. The van der Waals surface area contributed by atoms with E-state index in [0.29, 0.717) is 23.2 Å². The van der Waals surface area contributed by atoms with Crippen LogP contribution >= 0.6 is 0 Å². The zero-order chi connectivity index (χ0) is 36.8. The van der Waals surface area contributed by atoms with Crippen LogP contribution in [-0.4, -0.2) is 19.9 Å². The van der Waals surface area contributed by atoms with Gasteiger partial charge in [0.25, 0.3) is 0 Å². The highest BCUT2D eigenvalue weighted by molar-refractivity contribution is 5.74. The summed E-state index contributed by atoms with van der Waals surface area (Å²) in [6.07, 6.45) is 7.41. The van der Waals surface area contributed by atoms with Crippen molar-refractivity contribution in [3.05, 3.63) is 228 Å².